The smallest absolute Gasteiger partial charge is 0.330 e. The standard InChI is InChI=1S/C36H72O4Si2/c1-7-9-10-11-12-13-14-15-18-22-31-41(3,4)33-42(5,6)32-23-21-29-39-35-26-24-34(25-27-35)38-28-19-16-17-20-30-40-36(37)8-2/h8,34-35H,2,7,9-33H2,1,3-6H3. The molecule has 0 unspecified atom stereocenters. The molecular weight excluding hydrogens is 553 g/mol. The first-order valence-corrected chi connectivity index (χ1v) is 25.0. The molecule has 0 aromatic carbocycles. The molecule has 0 aliphatic heterocycles. The average Bonchev–Trinajstić information content (AvgIpc) is 2.95. The lowest BCUT2D eigenvalue weighted by molar-refractivity contribution is -0.137. The first kappa shape index (κ1) is 39.6. The van der Waals surface area contributed by atoms with Crippen LogP contribution in [0.15, 0.2) is 12.7 Å². The first-order valence-electron chi connectivity index (χ1n) is 18.2. The second-order valence-corrected chi connectivity index (χ2v) is 25.9. The van der Waals surface area contributed by atoms with Crippen LogP contribution in [0.2, 0.25) is 43.9 Å². The minimum Gasteiger partial charge on any atom is -0.463 e. The SMILES string of the molecule is C=CC(=O)OCCCCCCOC1CCC(OCCCC[Si](C)(C)C[Si](C)(C)CCCCCCCCCCCC)CC1. The monoisotopic (exact) mass is 624 g/mol. The highest BCUT2D eigenvalue weighted by Gasteiger charge is 2.31. The molecule has 0 spiro atoms. The highest BCUT2D eigenvalue weighted by atomic mass is 28.4. The number of carbonyl (C=O) groups excluding carboxylic acids is 1. The maximum Gasteiger partial charge on any atom is 0.330 e. The summed E-state index contributed by atoms with van der Waals surface area (Å²) in [6.07, 6.45) is 28.0. The zero-order valence-electron chi connectivity index (χ0n) is 29.0. The van der Waals surface area contributed by atoms with Gasteiger partial charge in [0.15, 0.2) is 0 Å². The third kappa shape index (κ3) is 23.0. The molecule has 0 aromatic heterocycles. The van der Waals surface area contributed by atoms with Gasteiger partial charge in [0.2, 0.25) is 0 Å². The van der Waals surface area contributed by atoms with Gasteiger partial charge in [-0.2, -0.15) is 0 Å². The summed E-state index contributed by atoms with van der Waals surface area (Å²) in [4.78, 5) is 11.0. The highest BCUT2D eigenvalue weighted by molar-refractivity contribution is 6.95. The predicted molar refractivity (Wildman–Crippen MR) is 188 cm³/mol. The Morgan fingerprint density at radius 1 is 0.619 bits per heavy atom. The Bertz CT molecular complexity index is 659. The van der Waals surface area contributed by atoms with Crippen molar-refractivity contribution in [2.45, 2.75) is 191 Å². The van der Waals surface area contributed by atoms with E-state index in [0.717, 1.165) is 64.6 Å². The van der Waals surface area contributed by atoms with E-state index in [0.29, 0.717) is 18.8 Å². The van der Waals surface area contributed by atoms with E-state index in [4.69, 9.17) is 14.2 Å². The molecule has 1 saturated carbocycles. The second-order valence-electron chi connectivity index (χ2n) is 14.8. The third-order valence-corrected chi connectivity index (χ3v) is 20.3. The van der Waals surface area contributed by atoms with Crippen LogP contribution in [-0.2, 0) is 19.0 Å². The number of unbranched alkanes of at least 4 members (excludes halogenated alkanes) is 13. The fourth-order valence-corrected chi connectivity index (χ4v) is 21.1. The number of esters is 1. The van der Waals surface area contributed by atoms with Gasteiger partial charge < -0.3 is 14.2 Å². The molecule has 0 aromatic rings. The van der Waals surface area contributed by atoms with E-state index in [1.807, 2.05) is 0 Å². The van der Waals surface area contributed by atoms with Gasteiger partial charge in [-0.1, -0.05) is 134 Å². The summed E-state index contributed by atoms with van der Waals surface area (Å²) in [5.74, 6) is -0.325. The Balaban J connectivity index is 2.00. The minimum atomic E-state index is -1.10. The lowest BCUT2D eigenvalue weighted by Crippen LogP contribution is -2.39. The van der Waals surface area contributed by atoms with Gasteiger partial charge in [0.1, 0.15) is 0 Å². The lowest BCUT2D eigenvalue weighted by atomic mass is 9.95. The van der Waals surface area contributed by atoms with Crippen LogP contribution in [0.4, 0.5) is 0 Å². The van der Waals surface area contributed by atoms with Gasteiger partial charge in [-0.05, 0) is 51.4 Å². The highest BCUT2D eigenvalue weighted by Crippen LogP contribution is 2.30. The Morgan fingerprint density at radius 2 is 1.00 bits per heavy atom. The van der Waals surface area contributed by atoms with Crippen molar-refractivity contribution in [3.05, 3.63) is 12.7 Å². The topological polar surface area (TPSA) is 44.8 Å². The molecule has 0 N–H and O–H groups in total. The van der Waals surface area contributed by atoms with Crippen molar-refractivity contribution in [2.75, 3.05) is 19.8 Å². The average molecular weight is 625 g/mol. The molecular formula is C36H72O4Si2. The molecule has 0 amide bonds. The summed E-state index contributed by atoms with van der Waals surface area (Å²) in [7, 11) is -2.16. The van der Waals surface area contributed by atoms with Crippen LogP contribution in [0.5, 0.6) is 0 Å². The van der Waals surface area contributed by atoms with Crippen LogP contribution in [-0.4, -0.2) is 54.1 Å². The van der Waals surface area contributed by atoms with E-state index >= 15 is 0 Å². The predicted octanol–water partition coefficient (Wildman–Crippen LogP) is 11.3. The van der Waals surface area contributed by atoms with Gasteiger partial charge in [0.05, 0.1) is 18.8 Å². The molecule has 1 aliphatic carbocycles. The van der Waals surface area contributed by atoms with Crippen LogP contribution >= 0.6 is 0 Å². The van der Waals surface area contributed by atoms with Crippen molar-refractivity contribution in [3.8, 4) is 0 Å². The fourth-order valence-electron chi connectivity index (χ4n) is 6.92. The van der Waals surface area contributed by atoms with Crippen molar-refractivity contribution >= 4 is 22.1 Å². The minimum absolute atomic E-state index is 0.325. The molecule has 42 heavy (non-hydrogen) atoms. The molecule has 0 saturated heterocycles. The van der Waals surface area contributed by atoms with Crippen LogP contribution < -0.4 is 0 Å². The summed E-state index contributed by atoms with van der Waals surface area (Å²) in [6, 6.07) is 3.02. The van der Waals surface area contributed by atoms with Crippen molar-refractivity contribution in [3.63, 3.8) is 0 Å². The van der Waals surface area contributed by atoms with Crippen molar-refractivity contribution < 1.29 is 19.0 Å². The Hall–Kier alpha value is -0.436. The van der Waals surface area contributed by atoms with Gasteiger partial charge >= 0.3 is 5.97 Å². The summed E-state index contributed by atoms with van der Waals surface area (Å²) in [5, 5.41) is 0. The van der Waals surface area contributed by atoms with Crippen molar-refractivity contribution in [1.29, 1.82) is 0 Å². The molecule has 0 radical (unpaired) electrons. The number of rotatable bonds is 28. The van der Waals surface area contributed by atoms with E-state index in [2.05, 4.69) is 39.7 Å². The molecule has 1 rings (SSSR count). The zero-order valence-corrected chi connectivity index (χ0v) is 31.0. The van der Waals surface area contributed by atoms with Crippen LogP contribution in [0.1, 0.15) is 135 Å². The number of ether oxygens (including phenoxy) is 3. The Kier molecular flexibility index (Phi) is 23.4. The number of hydrogen-bond acceptors (Lipinski definition) is 4. The quantitative estimate of drug-likeness (QED) is 0.0376. The Morgan fingerprint density at radius 3 is 1.48 bits per heavy atom. The van der Waals surface area contributed by atoms with Gasteiger partial charge in [0, 0.05) is 35.4 Å². The van der Waals surface area contributed by atoms with Crippen molar-refractivity contribution in [2.24, 2.45) is 0 Å². The summed E-state index contributed by atoms with van der Waals surface area (Å²) in [5.41, 5.74) is 1.60. The molecule has 1 fully saturated rings. The Labute approximate surface area is 264 Å². The van der Waals surface area contributed by atoms with Gasteiger partial charge in [-0.25, -0.2) is 4.79 Å². The van der Waals surface area contributed by atoms with Gasteiger partial charge in [-0.15, -0.1) is 0 Å². The largest absolute Gasteiger partial charge is 0.463 e. The summed E-state index contributed by atoms with van der Waals surface area (Å²) in [6.45, 7) is 18.7. The molecule has 248 valence electrons. The zero-order chi connectivity index (χ0) is 30.9. The molecule has 0 heterocycles. The summed E-state index contributed by atoms with van der Waals surface area (Å²) < 4.78 is 17.4. The normalized spacial score (nSPS) is 17.8. The fraction of sp³-hybridized carbons (Fsp3) is 0.917. The second kappa shape index (κ2) is 24.8. The van der Waals surface area contributed by atoms with E-state index < -0.39 is 16.1 Å². The maximum atomic E-state index is 11.0. The molecule has 0 atom stereocenters. The first-order chi connectivity index (χ1) is 20.2. The van der Waals surface area contributed by atoms with E-state index in [1.165, 1.54) is 89.2 Å². The van der Waals surface area contributed by atoms with Gasteiger partial charge in [0.25, 0.3) is 0 Å². The van der Waals surface area contributed by atoms with E-state index in [-0.39, 0.29) is 5.97 Å². The van der Waals surface area contributed by atoms with Crippen LogP contribution in [0, 0.1) is 0 Å². The molecule has 0 bridgehead atoms. The maximum absolute atomic E-state index is 11.0. The number of carbonyl (C=O) groups is 1. The van der Waals surface area contributed by atoms with Gasteiger partial charge in [-0.3, -0.25) is 0 Å². The van der Waals surface area contributed by atoms with Crippen molar-refractivity contribution in [1.82, 2.24) is 0 Å². The van der Waals surface area contributed by atoms with Crippen LogP contribution in [0.3, 0.4) is 0 Å². The lowest BCUT2D eigenvalue weighted by Gasteiger charge is -2.33. The molecule has 4 nitrogen and oxygen atoms in total. The van der Waals surface area contributed by atoms with E-state index in [1.54, 1.807) is 11.7 Å². The molecule has 1 aliphatic rings. The number of hydrogen-bond donors (Lipinski definition) is 0. The van der Waals surface area contributed by atoms with E-state index in [9.17, 15) is 4.79 Å². The summed E-state index contributed by atoms with van der Waals surface area (Å²) >= 11 is 0. The van der Waals surface area contributed by atoms with Crippen LogP contribution in [0.25, 0.3) is 0 Å². The third-order valence-electron chi connectivity index (χ3n) is 9.19. The molecule has 6 heteroatoms.